The lowest BCUT2D eigenvalue weighted by molar-refractivity contribution is -0.138. The van der Waals surface area contributed by atoms with Gasteiger partial charge in [0.2, 0.25) is 0 Å². The van der Waals surface area contributed by atoms with Crippen molar-refractivity contribution in [2.45, 2.75) is 26.4 Å². The van der Waals surface area contributed by atoms with Crippen LogP contribution < -0.4 is 0 Å². The van der Waals surface area contributed by atoms with Crippen LogP contribution in [0.4, 0.5) is 4.70 Å². The van der Waals surface area contributed by atoms with Crippen LogP contribution in [-0.2, 0) is 9.53 Å². The highest BCUT2D eigenvalue weighted by atomic mass is 19.0. The minimum atomic E-state index is -0.318. The molecule has 50 valence electrons. The van der Waals surface area contributed by atoms with Gasteiger partial charge < -0.3 is 4.74 Å². The maximum atomic E-state index is 9.60. The van der Waals surface area contributed by atoms with Gasteiger partial charge >= 0.3 is 0 Å². The van der Waals surface area contributed by atoms with Crippen molar-refractivity contribution in [3.63, 3.8) is 0 Å². The number of hydrogen-bond acceptors (Lipinski definition) is 2. The van der Waals surface area contributed by atoms with Gasteiger partial charge in [0, 0.05) is 0 Å². The largest absolute Gasteiger partial charge is 0.462 e. The van der Waals surface area contributed by atoms with Crippen molar-refractivity contribution in [1.82, 2.24) is 0 Å². The topological polar surface area (TPSA) is 26.3 Å². The Morgan fingerprint density at radius 3 is 1.75 bits per heavy atom. The predicted octanol–water partition coefficient (Wildman–Crippen LogP) is 1.11. The molecule has 0 aromatic rings. The van der Waals surface area contributed by atoms with Crippen molar-refractivity contribution in [3.8, 4) is 0 Å². The molecule has 0 N–H and O–H groups in total. The SMILES string of the molecule is CC(C)(C)OC=O.F. The molecule has 2 nitrogen and oxygen atoms in total. The number of ether oxygens (including phenoxy) is 1. The Kier molecular flexibility index (Phi) is 4.43. The summed E-state index contributed by atoms with van der Waals surface area (Å²) in [5.41, 5.74) is -0.318. The maximum Gasteiger partial charge on any atom is 0.293 e. The number of carbonyl (C=O) groups is 1. The molecule has 0 aliphatic rings. The summed E-state index contributed by atoms with van der Waals surface area (Å²) in [6.45, 7) is 5.92. The molecule has 0 amide bonds. The Bertz CT molecular complexity index is 65.3. The van der Waals surface area contributed by atoms with Gasteiger partial charge in [0.05, 0.1) is 0 Å². The molecule has 0 saturated carbocycles. The van der Waals surface area contributed by atoms with Gasteiger partial charge in [-0.1, -0.05) is 0 Å². The van der Waals surface area contributed by atoms with E-state index in [4.69, 9.17) is 0 Å². The van der Waals surface area contributed by atoms with Crippen molar-refractivity contribution >= 4 is 6.47 Å². The number of rotatable bonds is 1. The molecule has 0 unspecified atom stereocenters. The van der Waals surface area contributed by atoms with E-state index in [-0.39, 0.29) is 10.3 Å². The van der Waals surface area contributed by atoms with E-state index < -0.39 is 0 Å². The average Bonchev–Trinajstić information content (AvgIpc) is 1.30. The van der Waals surface area contributed by atoms with E-state index >= 15 is 0 Å². The highest BCUT2D eigenvalue weighted by molar-refractivity contribution is 5.37. The zero-order chi connectivity index (χ0) is 5.91. The molecule has 0 spiro atoms. The minimum absolute atomic E-state index is 0. The van der Waals surface area contributed by atoms with Crippen LogP contribution >= 0.6 is 0 Å². The third kappa shape index (κ3) is 9.04. The number of carbonyl (C=O) groups excluding carboxylic acids is 1. The van der Waals surface area contributed by atoms with Crippen molar-refractivity contribution in [2.24, 2.45) is 0 Å². The first-order chi connectivity index (χ1) is 3.06. The Morgan fingerprint density at radius 1 is 1.38 bits per heavy atom. The molecule has 0 saturated heterocycles. The van der Waals surface area contributed by atoms with E-state index in [0.29, 0.717) is 6.47 Å². The van der Waals surface area contributed by atoms with E-state index in [1.807, 2.05) is 20.8 Å². The lowest BCUT2D eigenvalue weighted by atomic mass is 10.2. The van der Waals surface area contributed by atoms with Crippen molar-refractivity contribution in [3.05, 3.63) is 0 Å². The molecule has 0 aliphatic carbocycles. The molecule has 0 rings (SSSR count). The van der Waals surface area contributed by atoms with Crippen molar-refractivity contribution in [1.29, 1.82) is 0 Å². The average molecular weight is 122 g/mol. The molecule has 0 aromatic heterocycles. The second-order valence-corrected chi connectivity index (χ2v) is 2.33. The Hall–Kier alpha value is -0.600. The molecule has 0 heterocycles. The van der Waals surface area contributed by atoms with Crippen LogP contribution in [0.1, 0.15) is 20.8 Å². The third-order valence-corrected chi connectivity index (χ3v) is 0.402. The lowest BCUT2D eigenvalue weighted by Crippen LogP contribution is -2.17. The third-order valence-electron chi connectivity index (χ3n) is 0.402. The lowest BCUT2D eigenvalue weighted by Gasteiger charge is -2.14. The second-order valence-electron chi connectivity index (χ2n) is 2.33. The van der Waals surface area contributed by atoms with Crippen LogP contribution in [0.3, 0.4) is 0 Å². The van der Waals surface area contributed by atoms with Gasteiger partial charge in [-0.05, 0) is 20.8 Å². The van der Waals surface area contributed by atoms with E-state index in [0.717, 1.165) is 0 Å². The van der Waals surface area contributed by atoms with E-state index in [1.165, 1.54) is 0 Å². The van der Waals surface area contributed by atoms with Gasteiger partial charge in [-0.2, -0.15) is 0 Å². The molecule has 0 fully saturated rings. The van der Waals surface area contributed by atoms with Crippen molar-refractivity contribution in [2.75, 3.05) is 0 Å². The standard InChI is InChI=1S/C5H10O2.FH/c1-5(2,3)7-4-6;/h4H,1-3H3;1H. The summed E-state index contributed by atoms with van der Waals surface area (Å²) in [7, 11) is 0. The summed E-state index contributed by atoms with van der Waals surface area (Å²) in [5.74, 6) is 0. The highest BCUT2D eigenvalue weighted by Gasteiger charge is 2.07. The van der Waals surface area contributed by atoms with E-state index in [2.05, 4.69) is 4.74 Å². The van der Waals surface area contributed by atoms with Gasteiger partial charge in [0.25, 0.3) is 6.47 Å². The summed E-state index contributed by atoms with van der Waals surface area (Å²) < 4.78 is 4.55. The smallest absolute Gasteiger partial charge is 0.293 e. The fourth-order valence-corrected chi connectivity index (χ4v) is 0.144. The van der Waals surface area contributed by atoms with Crippen molar-refractivity contribution < 1.29 is 14.2 Å². The summed E-state index contributed by atoms with van der Waals surface area (Å²) in [4.78, 5) is 9.60. The molecule has 0 bridgehead atoms. The Balaban J connectivity index is 0. The van der Waals surface area contributed by atoms with Crippen LogP contribution in [-0.4, -0.2) is 12.1 Å². The van der Waals surface area contributed by atoms with E-state index in [9.17, 15) is 4.79 Å². The van der Waals surface area contributed by atoms with Gasteiger partial charge in [0.1, 0.15) is 5.60 Å². The molecule has 0 aromatic carbocycles. The fraction of sp³-hybridized carbons (Fsp3) is 0.800. The van der Waals surface area contributed by atoms with Gasteiger partial charge in [-0.15, -0.1) is 0 Å². The molecule has 8 heavy (non-hydrogen) atoms. The zero-order valence-electron chi connectivity index (χ0n) is 5.30. The Morgan fingerprint density at radius 2 is 1.75 bits per heavy atom. The molecule has 0 radical (unpaired) electrons. The summed E-state index contributed by atoms with van der Waals surface area (Å²) in [6, 6.07) is 0. The van der Waals surface area contributed by atoms with Crippen LogP contribution in [0.15, 0.2) is 0 Å². The van der Waals surface area contributed by atoms with Crippen LogP contribution in [0.5, 0.6) is 0 Å². The molecular formula is C5H11FO2. The fourth-order valence-electron chi connectivity index (χ4n) is 0.144. The first kappa shape index (κ1) is 10.4. The quantitative estimate of drug-likeness (QED) is 0.487. The van der Waals surface area contributed by atoms with Crippen LogP contribution in [0.25, 0.3) is 0 Å². The Labute approximate surface area is 48.2 Å². The number of hydrogen-bond donors (Lipinski definition) is 0. The maximum absolute atomic E-state index is 9.60. The normalized spacial score (nSPS) is 9.38. The monoisotopic (exact) mass is 122 g/mol. The molecule has 3 heteroatoms. The van der Waals surface area contributed by atoms with Crippen LogP contribution in [0.2, 0.25) is 0 Å². The summed E-state index contributed by atoms with van der Waals surface area (Å²) in [6.07, 6.45) is 0. The minimum Gasteiger partial charge on any atom is -0.462 e. The van der Waals surface area contributed by atoms with Crippen LogP contribution in [0, 0.1) is 0 Å². The molecule has 0 aliphatic heterocycles. The van der Waals surface area contributed by atoms with E-state index in [1.54, 1.807) is 0 Å². The predicted molar refractivity (Wildman–Crippen MR) is 29.4 cm³/mol. The zero-order valence-corrected chi connectivity index (χ0v) is 5.30. The van der Waals surface area contributed by atoms with Gasteiger partial charge in [-0.3, -0.25) is 9.50 Å². The van der Waals surface area contributed by atoms with Gasteiger partial charge in [-0.25, -0.2) is 0 Å². The van der Waals surface area contributed by atoms with Gasteiger partial charge in [0.15, 0.2) is 0 Å². The summed E-state index contributed by atoms with van der Waals surface area (Å²) >= 11 is 0. The first-order valence-corrected chi connectivity index (χ1v) is 2.18. The summed E-state index contributed by atoms with van der Waals surface area (Å²) in [5, 5.41) is 0. The number of halogens is 1. The molecular weight excluding hydrogens is 111 g/mol. The molecule has 0 atom stereocenters. The highest BCUT2D eigenvalue weighted by Crippen LogP contribution is 2.02. The first-order valence-electron chi connectivity index (χ1n) is 2.18. The second kappa shape index (κ2) is 3.41.